The van der Waals surface area contributed by atoms with Gasteiger partial charge in [0.1, 0.15) is 5.75 Å². The zero-order valence-electron chi connectivity index (χ0n) is 16.1. The Labute approximate surface area is 151 Å². The average Bonchev–Trinajstić information content (AvgIpc) is 2.63. The van der Waals surface area contributed by atoms with Crippen LogP contribution < -0.4 is 9.47 Å². The van der Waals surface area contributed by atoms with Gasteiger partial charge in [-0.1, -0.05) is 59.8 Å². The van der Waals surface area contributed by atoms with Gasteiger partial charge in [0, 0.05) is 0 Å². The van der Waals surface area contributed by atoms with Crippen LogP contribution in [0.5, 0.6) is 11.5 Å². The predicted octanol–water partition coefficient (Wildman–Crippen LogP) is 6.01. The van der Waals surface area contributed by atoms with Crippen molar-refractivity contribution in [1.29, 1.82) is 0 Å². The molecule has 1 aromatic rings. The first-order valence-corrected chi connectivity index (χ1v) is 9.59. The zero-order chi connectivity index (χ0) is 18.7. The molecule has 0 aliphatic rings. The summed E-state index contributed by atoms with van der Waals surface area (Å²) in [5.74, 6) is 1.77. The van der Waals surface area contributed by atoms with Crippen LogP contribution in [0.25, 0.3) is 0 Å². The number of rotatable bonds is 13. The van der Waals surface area contributed by atoms with Crippen LogP contribution in [0.1, 0.15) is 66.2 Å². The SMILES string of the molecule is CCCCC(CC)COc1ccc(OCC(CC)CC)cc1[N+](=O)[O-]. The lowest BCUT2D eigenvalue weighted by Gasteiger charge is -2.16. The van der Waals surface area contributed by atoms with Crippen molar-refractivity contribution in [1.82, 2.24) is 0 Å². The minimum Gasteiger partial charge on any atom is -0.493 e. The number of nitro groups is 1. The highest BCUT2D eigenvalue weighted by Crippen LogP contribution is 2.32. The van der Waals surface area contributed by atoms with E-state index < -0.39 is 4.92 Å². The van der Waals surface area contributed by atoms with E-state index in [1.807, 2.05) is 0 Å². The fourth-order valence-electron chi connectivity index (χ4n) is 2.70. The fourth-order valence-corrected chi connectivity index (χ4v) is 2.70. The van der Waals surface area contributed by atoms with Gasteiger partial charge >= 0.3 is 5.69 Å². The Bertz CT molecular complexity index is 514. The molecule has 0 aliphatic heterocycles. The van der Waals surface area contributed by atoms with Crippen molar-refractivity contribution >= 4 is 5.69 Å². The molecular formula is C20H33NO4. The number of hydrogen-bond acceptors (Lipinski definition) is 4. The van der Waals surface area contributed by atoms with E-state index in [9.17, 15) is 10.1 Å². The maximum Gasteiger partial charge on any atom is 0.314 e. The molecule has 25 heavy (non-hydrogen) atoms. The van der Waals surface area contributed by atoms with Crippen molar-refractivity contribution in [2.45, 2.75) is 66.2 Å². The van der Waals surface area contributed by atoms with Crippen LogP contribution in [-0.2, 0) is 0 Å². The highest BCUT2D eigenvalue weighted by atomic mass is 16.6. The number of nitro benzene ring substituents is 1. The highest BCUT2D eigenvalue weighted by molar-refractivity contribution is 5.50. The van der Waals surface area contributed by atoms with Crippen molar-refractivity contribution < 1.29 is 14.4 Å². The van der Waals surface area contributed by atoms with Crippen LogP contribution >= 0.6 is 0 Å². The second kappa shape index (κ2) is 11.7. The average molecular weight is 351 g/mol. The zero-order valence-corrected chi connectivity index (χ0v) is 16.1. The number of unbranched alkanes of at least 4 members (excludes halogenated alkanes) is 1. The molecule has 5 heteroatoms. The summed E-state index contributed by atoms with van der Waals surface area (Å²) in [6.07, 6.45) is 6.50. The Balaban J connectivity index is 2.75. The van der Waals surface area contributed by atoms with Gasteiger partial charge < -0.3 is 9.47 Å². The van der Waals surface area contributed by atoms with Gasteiger partial charge in [0.15, 0.2) is 5.75 Å². The summed E-state index contributed by atoms with van der Waals surface area (Å²) in [5, 5.41) is 11.4. The Morgan fingerprint density at radius 3 is 2.20 bits per heavy atom. The fraction of sp³-hybridized carbons (Fsp3) is 0.700. The second-order valence-electron chi connectivity index (χ2n) is 6.61. The Morgan fingerprint density at radius 2 is 1.64 bits per heavy atom. The van der Waals surface area contributed by atoms with Crippen LogP contribution in [-0.4, -0.2) is 18.1 Å². The smallest absolute Gasteiger partial charge is 0.314 e. The van der Waals surface area contributed by atoms with E-state index in [1.54, 1.807) is 12.1 Å². The topological polar surface area (TPSA) is 61.6 Å². The van der Waals surface area contributed by atoms with Crippen LogP contribution in [0.3, 0.4) is 0 Å². The number of hydrogen-bond donors (Lipinski definition) is 0. The molecule has 1 unspecified atom stereocenters. The van der Waals surface area contributed by atoms with Gasteiger partial charge in [0.05, 0.1) is 24.2 Å². The maximum atomic E-state index is 11.4. The van der Waals surface area contributed by atoms with Gasteiger partial charge in [-0.3, -0.25) is 10.1 Å². The molecule has 0 aliphatic carbocycles. The third-order valence-electron chi connectivity index (χ3n) is 4.79. The third-order valence-corrected chi connectivity index (χ3v) is 4.79. The molecule has 0 bridgehead atoms. The Kier molecular flexibility index (Phi) is 9.97. The van der Waals surface area contributed by atoms with Gasteiger partial charge in [-0.25, -0.2) is 0 Å². The molecule has 5 nitrogen and oxygen atoms in total. The van der Waals surface area contributed by atoms with E-state index in [2.05, 4.69) is 27.7 Å². The first-order valence-electron chi connectivity index (χ1n) is 9.59. The second-order valence-corrected chi connectivity index (χ2v) is 6.61. The molecule has 0 saturated heterocycles. The van der Waals surface area contributed by atoms with Gasteiger partial charge in [0.2, 0.25) is 0 Å². The Morgan fingerprint density at radius 1 is 1.00 bits per heavy atom. The largest absolute Gasteiger partial charge is 0.493 e. The lowest BCUT2D eigenvalue weighted by Crippen LogP contribution is -2.12. The molecular weight excluding hydrogens is 318 g/mol. The molecule has 1 rings (SSSR count). The number of nitrogens with zero attached hydrogens (tertiary/aromatic N) is 1. The maximum absolute atomic E-state index is 11.4. The van der Waals surface area contributed by atoms with Crippen LogP contribution in [0, 0.1) is 22.0 Å². The van der Waals surface area contributed by atoms with Gasteiger partial charge in [0.25, 0.3) is 0 Å². The summed E-state index contributed by atoms with van der Waals surface area (Å²) in [7, 11) is 0. The predicted molar refractivity (Wildman–Crippen MR) is 101 cm³/mol. The van der Waals surface area contributed by atoms with Gasteiger partial charge in [-0.2, -0.15) is 0 Å². The monoisotopic (exact) mass is 351 g/mol. The van der Waals surface area contributed by atoms with E-state index >= 15 is 0 Å². The van der Waals surface area contributed by atoms with Crippen molar-refractivity contribution in [2.75, 3.05) is 13.2 Å². The molecule has 142 valence electrons. The number of ether oxygens (including phenoxy) is 2. The minimum atomic E-state index is -0.397. The van der Waals surface area contributed by atoms with E-state index in [-0.39, 0.29) is 5.69 Å². The number of benzene rings is 1. The standard InChI is InChI=1S/C20H33NO4/c1-5-9-10-17(8-4)15-25-20-12-11-18(13-19(20)21(22)23)24-14-16(6-2)7-3/h11-13,16-17H,5-10,14-15H2,1-4H3. The first kappa shape index (κ1) is 21.3. The summed E-state index contributed by atoms with van der Waals surface area (Å²) >= 11 is 0. The lowest BCUT2D eigenvalue weighted by molar-refractivity contribution is -0.386. The lowest BCUT2D eigenvalue weighted by atomic mass is 10.0. The first-order chi connectivity index (χ1) is 12.0. The Hall–Kier alpha value is -1.78. The highest BCUT2D eigenvalue weighted by Gasteiger charge is 2.18. The van der Waals surface area contributed by atoms with Gasteiger partial charge in [-0.05, 0) is 30.4 Å². The quantitative estimate of drug-likeness (QED) is 0.323. The van der Waals surface area contributed by atoms with Crippen LogP contribution in [0.15, 0.2) is 18.2 Å². The van der Waals surface area contributed by atoms with E-state index in [0.29, 0.717) is 36.5 Å². The summed E-state index contributed by atoms with van der Waals surface area (Å²) in [5.41, 5.74) is -0.0209. The van der Waals surface area contributed by atoms with E-state index in [1.165, 1.54) is 6.07 Å². The molecule has 0 N–H and O–H groups in total. The van der Waals surface area contributed by atoms with Crippen molar-refractivity contribution in [2.24, 2.45) is 11.8 Å². The molecule has 0 heterocycles. The molecule has 1 aromatic carbocycles. The van der Waals surface area contributed by atoms with Crippen molar-refractivity contribution in [3.05, 3.63) is 28.3 Å². The molecule has 0 fully saturated rings. The summed E-state index contributed by atoms with van der Waals surface area (Å²) in [4.78, 5) is 11.0. The van der Waals surface area contributed by atoms with Crippen LogP contribution in [0.4, 0.5) is 5.69 Å². The molecule has 0 aromatic heterocycles. The summed E-state index contributed by atoms with van der Waals surface area (Å²) in [6.45, 7) is 9.65. The van der Waals surface area contributed by atoms with Crippen LogP contribution in [0.2, 0.25) is 0 Å². The third kappa shape index (κ3) is 7.32. The molecule has 1 atom stereocenters. The van der Waals surface area contributed by atoms with Crippen molar-refractivity contribution in [3.8, 4) is 11.5 Å². The summed E-state index contributed by atoms with van der Waals surface area (Å²) in [6, 6.07) is 4.90. The van der Waals surface area contributed by atoms with Crippen molar-refractivity contribution in [3.63, 3.8) is 0 Å². The minimum absolute atomic E-state index is 0.0209. The van der Waals surface area contributed by atoms with E-state index in [0.717, 1.165) is 38.5 Å². The summed E-state index contributed by atoms with van der Waals surface area (Å²) < 4.78 is 11.5. The normalized spacial score (nSPS) is 12.2. The van der Waals surface area contributed by atoms with E-state index in [4.69, 9.17) is 9.47 Å². The molecule has 0 radical (unpaired) electrons. The van der Waals surface area contributed by atoms with Gasteiger partial charge in [-0.15, -0.1) is 0 Å². The molecule has 0 amide bonds. The molecule has 0 saturated carbocycles. The molecule has 0 spiro atoms.